The third-order valence-electron chi connectivity index (χ3n) is 6.14. The van der Waals surface area contributed by atoms with E-state index in [1.165, 1.54) is 17.6 Å². The lowest BCUT2D eigenvalue weighted by atomic mass is 10.0. The van der Waals surface area contributed by atoms with Gasteiger partial charge in [0.1, 0.15) is 6.61 Å². The van der Waals surface area contributed by atoms with Crippen molar-refractivity contribution < 1.29 is 19.1 Å². The molecule has 0 atom stereocenters. The first kappa shape index (κ1) is 24.9. The topological polar surface area (TPSA) is 55.8 Å². The molecule has 0 unspecified atom stereocenters. The summed E-state index contributed by atoms with van der Waals surface area (Å²) in [6.07, 6.45) is 1.66. The smallest absolute Gasteiger partial charge is 0.293 e. The largest absolute Gasteiger partial charge is 0.493 e. The van der Waals surface area contributed by atoms with Gasteiger partial charge in [-0.1, -0.05) is 83.9 Å². The van der Waals surface area contributed by atoms with Crippen LogP contribution in [0.3, 0.4) is 0 Å². The summed E-state index contributed by atoms with van der Waals surface area (Å²) in [6, 6.07) is 25.3. The second-order valence-corrected chi connectivity index (χ2v) is 10.1. The molecule has 1 heterocycles. The monoisotopic (exact) mass is 529 g/mol. The van der Waals surface area contributed by atoms with Crippen LogP contribution < -0.4 is 9.47 Å². The number of hydrogen-bond donors (Lipinski definition) is 0. The Hall–Kier alpha value is -3.74. The Morgan fingerprint density at radius 3 is 2.51 bits per heavy atom. The number of carbonyl (C=O) groups excluding carboxylic acids is 2. The molecular formula is C30H24ClNO4S. The fraction of sp³-hybridized carbons (Fsp3) is 0.133. The van der Waals surface area contributed by atoms with Crippen molar-refractivity contribution in [2.75, 3.05) is 7.11 Å². The van der Waals surface area contributed by atoms with E-state index in [-0.39, 0.29) is 17.7 Å². The van der Waals surface area contributed by atoms with Crippen molar-refractivity contribution in [2.24, 2.45) is 0 Å². The van der Waals surface area contributed by atoms with Crippen LogP contribution in [0.2, 0.25) is 5.02 Å². The van der Waals surface area contributed by atoms with Gasteiger partial charge in [-0.3, -0.25) is 14.5 Å². The first-order valence-electron chi connectivity index (χ1n) is 11.7. The molecule has 5 rings (SSSR count). The molecule has 0 bridgehead atoms. The minimum Gasteiger partial charge on any atom is -0.493 e. The quantitative estimate of drug-likeness (QED) is 0.230. The summed E-state index contributed by atoms with van der Waals surface area (Å²) in [7, 11) is 1.53. The van der Waals surface area contributed by atoms with Crippen molar-refractivity contribution in [3.63, 3.8) is 0 Å². The summed E-state index contributed by atoms with van der Waals surface area (Å²) in [5, 5.41) is 2.13. The molecule has 0 aliphatic carbocycles. The zero-order valence-corrected chi connectivity index (χ0v) is 21.9. The Bertz CT molecular complexity index is 1530. The Morgan fingerprint density at radius 2 is 1.73 bits per heavy atom. The third-order valence-corrected chi connectivity index (χ3v) is 7.32. The number of benzene rings is 4. The van der Waals surface area contributed by atoms with E-state index in [1.807, 2.05) is 73.7 Å². The van der Waals surface area contributed by atoms with E-state index in [1.54, 1.807) is 18.2 Å². The predicted molar refractivity (Wildman–Crippen MR) is 149 cm³/mol. The summed E-state index contributed by atoms with van der Waals surface area (Å²) in [4.78, 5) is 27.5. The van der Waals surface area contributed by atoms with Gasteiger partial charge in [0.2, 0.25) is 0 Å². The molecule has 0 aromatic heterocycles. The normalized spacial score (nSPS) is 14.6. The zero-order valence-electron chi connectivity index (χ0n) is 20.4. The van der Waals surface area contributed by atoms with Crippen molar-refractivity contribution in [2.45, 2.75) is 20.1 Å². The van der Waals surface area contributed by atoms with Crippen molar-refractivity contribution in [3.8, 4) is 11.5 Å². The highest BCUT2D eigenvalue weighted by Gasteiger charge is 2.35. The van der Waals surface area contributed by atoms with E-state index in [2.05, 4.69) is 0 Å². The average molecular weight is 530 g/mol. The maximum absolute atomic E-state index is 13.2. The van der Waals surface area contributed by atoms with Crippen molar-refractivity contribution in [3.05, 3.63) is 111 Å². The second kappa shape index (κ2) is 10.7. The summed E-state index contributed by atoms with van der Waals surface area (Å²) in [5.74, 6) is 0.532. The molecule has 37 heavy (non-hydrogen) atoms. The number of halogens is 1. The predicted octanol–water partition coefficient (Wildman–Crippen LogP) is 7.63. The molecular weight excluding hydrogens is 506 g/mol. The maximum atomic E-state index is 13.2. The van der Waals surface area contributed by atoms with Crippen LogP contribution in [-0.4, -0.2) is 23.2 Å². The molecule has 0 saturated carbocycles. The van der Waals surface area contributed by atoms with Gasteiger partial charge in [-0.15, -0.1) is 0 Å². The van der Waals surface area contributed by atoms with Crippen LogP contribution in [-0.2, 0) is 17.9 Å². The highest BCUT2D eigenvalue weighted by molar-refractivity contribution is 8.18. The van der Waals surface area contributed by atoms with Crippen LogP contribution in [0, 0.1) is 6.92 Å². The number of aryl methyl sites for hydroxylation is 1. The number of hydrogen-bond acceptors (Lipinski definition) is 5. The number of thioether (sulfide) groups is 1. The first-order chi connectivity index (χ1) is 17.9. The van der Waals surface area contributed by atoms with E-state index < -0.39 is 0 Å². The molecule has 4 aromatic carbocycles. The highest BCUT2D eigenvalue weighted by atomic mass is 35.5. The van der Waals surface area contributed by atoms with Crippen LogP contribution in [0.25, 0.3) is 16.8 Å². The van der Waals surface area contributed by atoms with Gasteiger partial charge in [0.25, 0.3) is 11.1 Å². The van der Waals surface area contributed by atoms with Crippen molar-refractivity contribution in [1.29, 1.82) is 0 Å². The van der Waals surface area contributed by atoms with Gasteiger partial charge in [0.05, 0.1) is 23.6 Å². The number of rotatable bonds is 7. The summed E-state index contributed by atoms with van der Waals surface area (Å²) < 4.78 is 11.5. The van der Waals surface area contributed by atoms with E-state index in [0.717, 1.165) is 33.7 Å². The van der Waals surface area contributed by atoms with Gasteiger partial charge < -0.3 is 9.47 Å². The number of methoxy groups -OCH3 is 1. The molecule has 1 saturated heterocycles. The molecule has 0 radical (unpaired) electrons. The summed E-state index contributed by atoms with van der Waals surface area (Å²) >= 11 is 7.46. The Kier molecular flexibility index (Phi) is 7.22. The highest BCUT2D eigenvalue weighted by Crippen LogP contribution is 2.40. The van der Waals surface area contributed by atoms with Gasteiger partial charge in [-0.05, 0) is 64.4 Å². The molecule has 1 fully saturated rings. The number of ether oxygens (including phenoxy) is 2. The van der Waals surface area contributed by atoms with Gasteiger partial charge in [-0.2, -0.15) is 0 Å². The summed E-state index contributed by atoms with van der Waals surface area (Å²) in [6.45, 7) is 2.57. The lowest BCUT2D eigenvalue weighted by Crippen LogP contribution is -2.27. The van der Waals surface area contributed by atoms with E-state index in [4.69, 9.17) is 21.1 Å². The van der Waals surface area contributed by atoms with Gasteiger partial charge in [0, 0.05) is 0 Å². The third kappa shape index (κ3) is 5.36. The molecule has 0 N–H and O–H groups in total. The van der Waals surface area contributed by atoms with Crippen LogP contribution >= 0.6 is 23.4 Å². The number of nitrogens with zero attached hydrogens (tertiary/aromatic N) is 1. The zero-order chi connectivity index (χ0) is 25.9. The fourth-order valence-electron chi connectivity index (χ4n) is 4.19. The van der Waals surface area contributed by atoms with Crippen LogP contribution in [0.5, 0.6) is 11.5 Å². The van der Waals surface area contributed by atoms with E-state index in [9.17, 15) is 9.59 Å². The minimum atomic E-state index is -0.335. The molecule has 0 spiro atoms. The number of carbonyl (C=O) groups is 2. The van der Waals surface area contributed by atoms with E-state index >= 15 is 0 Å². The first-order valence-corrected chi connectivity index (χ1v) is 12.9. The van der Waals surface area contributed by atoms with E-state index in [0.29, 0.717) is 33.6 Å². The van der Waals surface area contributed by atoms with Crippen LogP contribution in [0.1, 0.15) is 22.3 Å². The van der Waals surface area contributed by atoms with Gasteiger partial charge in [0.15, 0.2) is 11.5 Å². The van der Waals surface area contributed by atoms with Gasteiger partial charge in [-0.25, -0.2) is 0 Å². The Labute approximate surface area is 224 Å². The Morgan fingerprint density at radius 1 is 0.973 bits per heavy atom. The fourth-order valence-corrected chi connectivity index (χ4v) is 5.30. The van der Waals surface area contributed by atoms with Crippen LogP contribution in [0.4, 0.5) is 4.79 Å². The minimum absolute atomic E-state index is 0.208. The lowest BCUT2D eigenvalue weighted by molar-refractivity contribution is -0.123. The number of fused-ring (bicyclic) bond motifs is 1. The molecule has 186 valence electrons. The SMILES string of the molecule is COc1cc(/C=C2/SC(=O)N(Cc3cccc4ccccc34)C2=O)cc(Cl)c1OCc1ccc(C)cc1. The maximum Gasteiger partial charge on any atom is 0.293 e. The molecule has 1 aliphatic heterocycles. The molecule has 5 nitrogen and oxygen atoms in total. The second-order valence-electron chi connectivity index (χ2n) is 8.71. The standard InChI is InChI=1S/C30H24ClNO4S/c1-19-10-12-20(13-11-19)18-36-28-25(31)14-21(15-26(28)35-2)16-27-29(33)32(30(34)37-27)17-23-8-5-7-22-6-3-4-9-24(22)23/h3-16H,17-18H2,1-2H3/b27-16+. The lowest BCUT2D eigenvalue weighted by Gasteiger charge is -2.14. The molecule has 4 aromatic rings. The number of amides is 2. The van der Waals surface area contributed by atoms with Crippen molar-refractivity contribution >= 4 is 51.4 Å². The van der Waals surface area contributed by atoms with Gasteiger partial charge >= 0.3 is 0 Å². The van der Waals surface area contributed by atoms with Crippen LogP contribution in [0.15, 0.2) is 83.8 Å². The molecule has 1 aliphatic rings. The average Bonchev–Trinajstić information content (AvgIpc) is 3.16. The summed E-state index contributed by atoms with van der Waals surface area (Å²) in [5.41, 5.74) is 3.74. The molecule has 2 amide bonds. The Balaban J connectivity index is 1.36. The number of imide groups is 1. The molecule has 7 heteroatoms. The van der Waals surface area contributed by atoms with Crippen molar-refractivity contribution in [1.82, 2.24) is 4.90 Å².